The Morgan fingerprint density at radius 3 is 2.26 bits per heavy atom. The molecule has 0 unspecified atom stereocenters. The number of nitrogens with zero attached hydrogens (tertiary/aromatic N) is 2. The van der Waals surface area contributed by atoms with Crippen LogP contribution in [-0.2, 0) is 6.42 Å². The van der Waals surface area contributed by atoms with Crippen LogP contribution in [0.2, 0.25) is 0 Å². The molecule has 0 bridgehead atoms. The summed E-state index contributed by atoms with van der Waals surface area (Å²) < 4.78 is 4.33. The summed E-state index contributed by atoms with van der Waals surface area (Å²) in [4.78, 5) is 4.46. The Kier molecular flexibility index (Phi) is 9.68. The molecule has 0 saturated carbocycles. The van der Waals surface area contributed by atoms with Gasteiger partial charge in [0.25, 0.3) is 0 Å². The predicted octanol–water partition coefficient (Wildman–Crippen LogP) is 5.04. The summed E-state index contributed by atoms with van der Waals surface area (Å²) in [6.07, 6.45) is 13.0. The maximum atomic E-state index is 4.46. The molecule has 1 rings (SSSR count). The number of rotatable bonds is 12. The van der Waals surface area contributed by atoms with Crippen LogP contribution in [0, 0.1) is 0 Å². The summed E-state index contributed by atoms with van der Waals surface area (Å²) in [6.45, 7) is 5.47. The molecule has 1 heterocycles. The molecule has 0 aliphatic heterocycles. The summed E-state index contributed by atoms with van der Waals surface area (Å²) >= 11 is 1.49. The van der Waals surface area contributed by atoms with Gasteiger partial charge in [-0.25, -0.2) is 4.98 Å². The first-order chi connectivity index (χ1) is 9.36. The minimum atomic E-state index is 0.992. The fraction of sp³-hybridized carbons (Fsp3) is 0.867. The van der Waals surface area contributed by atoms with E-state index in [4.69, 9.17) is 0 Å². The first-order valence-corrected chi connectivity index (χ1v) is 8.70. The second-order valence-corrected chi connectivity index (χ2v) is 5.92. The van der Waals surface area contributed by atoms with Crippen molar-refractivity contribution in [2.24, 2.45) is 0 Å². The van der Waals surface area contributed by atoms with E-state index in [1.54, 1.807) is 0 Å². The standard InChI is InChI=1S/C15H29N3S/c1-3-5-6-7-8-9-10-11-13-16-15-17-14(12-4-2)18-19-15/h3-13H2,1-2H3,(H,16,17,18). The number of hydrogen-bond acceptors (Lipinski definition) is 4. The Hall–Kier alpha value is -0.640. The van der Waals surface area contributed by atoms with E-state index in [9.17, 15) is 0 Å². The van der Waals surface area contributed by atoms with E-state index in [1.807, 2.05) is 0 Å². The van der Waals surface area contributed by atoms with Crippen LogP contribution in [0.5, 0.6) is 0 Å². The monoisotopic (exact) mass is 283 g/mol. The van der Waals surface area contributed by atoms with Crippen molar-refractivity contribution in [3.8, 4) is 0 Å². The molecule has 4 heteroatoms. The van der Waals surface area contributed by atoms with Crippen LogP contribution in [0.15, 0.2) is 0 Å². The van der Waals surface area contributed by atoms with Gasteiger partial charge in [-0.1, -0.05) is 58.8 Å². The number of anilines is 1. The van der Waals surface area contributed by atoms with Gasteiger partial charge in [0.15, 0.2) is 0 Å². The summed E-state index contributed by atoms with van der Waals surface area (Å²) in [5.74, 6) is 0.992. The van der Waals surface area contributed by atoms with E-state index < -0.39 is 0 Å². The zero-order valence-corrected chi connectivity index (χ0v) is 13.4. The normalized spacial score (nSPS) is 10.8. The van der Waals surface area contributed by atoms with Gasteiger partial charge in [0.05, 0.1) is 0 Å². The van der Waals surface area contributed by atoms with E-state index in [0.29, 0.717) is 0 Å². The topological polar surface area (TPSA) is 37.8 Å². The maximum absolute atomic E-state index is 4.46. The highest BCUT2D eigenvalue weighted by molar-refractivity contribution is 7.09. The zero-order valence-electron chi connectivity index (χ0n) is 12.6. The first-order valence-electron chi connectivity index (χ1n) is 7.93. The van der Waals surface area contributed by atoms with Crippen molar-refractivity contribution in [1.82, 2.24) is 9.36 Å². The van der Waals surface area contributed by atoms with Crippen LogP contribution in [0.1, 0.15) is 77.5 Å². The summed E-state index contributed by atoms with van der Waals surface area (Å²) in [5, 5.41) is 4.37. The molecule has 0 aliphatic rings. The van der Waals surface area contributed by atoms with Crippen molar-refractivity contribution in [2.75, 3.05) is 11.9 Å². The number of aryl methyl sites for hydroxylation is 1. The third-order valence-electron chi connectivity index (χ3n) is 3.25. The fourth-order valence-electron chi connectivity index (χ4n) is 2.11. The summed E-state index contributed by atoms with van der Waals surface area (Å²) in [7, 11) is 0. The SMILES string of the molecule is CCCCCCCCCCNc1nc(CCC)ns1. The van der Waals surface area contributed by atoms with Crippen molar-refractivity contribution >= 4 is 16.7 Å². The smallest absolute Gasteiger partial charge is 0.202 e. The maximum Gasteiger partial charge on any atom is 0.202 e. The second kappa shape index (κ2) is 11.2. The predicted molar refractivity (Wildman–Crippen MR) is 85.0 cm³/mol. The third kappa shape index (κ3) is 8.19. The first kappa shape index (κ1) is 16.4. The van der Waals surface area contributed by atoms with Crippen molar-refractivity contribution < 1.29 is 0 Å². The molecule has 0 atom stereocenters. The lowest BCUT2D eigenvalue weighted by atomic mass is 10.1. The molecular formula is C15H29N3S. The molecule has 1 aromatic rings. The van der Waals surface area contributed by atoms with Gasteiger partial charge in [-0.2, -0.15) is 4.37 Å². The van der Waals surface area contributed by atoms with Crippen LogP contribution in [0.3, 0.4) is 0 Å². The molecule has 3 nitrogen and oxygen atoms in total. The van der Waals surface area contributed by atoms with Crippen LogP contribution >= 0.6 is 11.5 Å². The minimum Gasteiger partial charge on any atom is -0.360 e. The van der Waals surface area contributed by atoms with E-state index in [2.05, 4.69) is 28.5 Å². The number of nitrogens with one attached hydrogen (secondary N) is 1. The molecule has 0 spiro atoms. The molecule has 1 N–H and O–H groups in total. The van der Waals surface area contributed by atoms with Gasteiger partial charge in [-0.3, -0.25) is 0 Å². The highest BCUT2D eigenvalue weighted by Crippen LogP contribution is 2.13. The lowest BCUT2D eigenvalue weighted by Crippen LogP contribution is -2.01. The van der Waals surface area contributed by atoms with E-state index in [1.165, 1.54) is 62.9 Å². The van der Waals surface area contributed by atoms with Crippen molar-refractivity contribution in [1.29, 1.82) is 0 Å². The van der Waals surface area contributed by atoms with Crippen molar-refractivity contribution in [2.45, 2.75) is 78.1 Å². The molecule has 1 aromatic heterocycles. The number of unbranched alkanes of at least 4 members (excludes halogenated alkanes) is 7. The van der Waals surface area contributed by atoms with Gasteiger partial charge in [-0.15, -0.1) is 0 Å². The quantitative estimate of drug-likeness (QED) is 0.546. The van der Waals surface area contributed by atoms with E-state index >= 15 is 0 Å². The third-order valence-corrected chi connectivity index (χ3v) is 3.96. The minimum absolute atomic E-state index is 0.992. The molecule has 0 fully saturated rings. The zero-order chi connectivity index (χ0) is 13.8. The van der Waals surface area contributed by atoms with Gasteiger partial charge in [0, 0.05) is 24.5 Å². The van der Waals surface area contributed by atoms with Gasteiger partial charge >= 0.3 is 0 Å². The van der Waals surface area contributed by atoms with Crippen LogP contribution in [-0.4, -0.2) is 15.9 Å². The van der Waals surface area contributed by atoms with Crippen molar-refractivity contribution in [3.05, 3.63) is 5.82 Å². The fourth-order valence-corrected chi connectivity index (χ4v) is 2.74. The van der Waals surface area contributed by atoms with Crippen LogP contribution in [0.4, 0.5) is 5.13 Å². The summed E-state index contributed by atoms with van der Waals surface area (Å²) in [6, 6.07) is 0. The average Bonchev–Trinajstić information content (AvgIpc) is 2.85. The lowest BCUT2D eigenvalue weighted by molar-refractivity contribution is 0.581. The Morgan fingerprint density at radius 2 is 1.58 bits per heavy atom. The largest absolute Gasteiger partial charge is 0.360 e. The van der Waals surface area contributed by atoms with Crippen LogP contribution < -0.4 is 5.32 Å². The van der Waals surface area contributed by atoms with Gasteiger partial charge in [0.1, 0.15) is 5.82 Å². The Bertz CT molecular complexity index is 312. The van der Waals surface area contributed by atoms with E-state index in [0.717, 1.165) is 30.3 Å². The van der Waals surface area contributed by atoms with Gasteiger partial charge < -0.3 is 5.32 Å². The Morgan fingerprint density at radius 1 is 0.895 bits per heavy atom. The molecule has 19 heavy (non-hydrogen) atoms. The molecule has 0 aliphatic carbocycles. The average molecular weight is 283 g/mol. The Balaban J connectivity index is 1.92. The molecular weight excluding hydrogens is 254 g/mol. The number of aromatic nitrogens is 2. The van der Waals surface area contributed by atoms with E-state index in [-0.39, 0.29) is 0 Å². The summed E-state index contributed by atoms with van der Waals surface area (Å²) in [5.41, 5.74) is 0. The molecule has 0 radical (unpaired) electrons. The van der Waals surface area contributed by atoms with Crippen LogP contribution in [0.25, 0.3) is 0 Å². The molecule has 0 aromatic carbocycles. The number of hydrogen-bond donors (Lipinski definition) is 1. The van der Waals surface area contributed by atoms with Gasteiger partial charge in [0.2, 0.25) is 5.13 Å². The molecule has 0 amide bonds. The van der Waals surface area contributed by atoms with Crippen molar-refractivity contribution in [3.63, 3.8) is 0 Å². The second-order valence-electron chi connectivity index (χ2n) is 5.17. The highest BCUT2D eigenvalue weighted by atomic mass is 32.1. The molecule has 110 valence electrons. The lowest BCUT2D eigenvalue weighted by Gasteiger charge is -2.02. The highest BCUT2D eigenvalue weighted by Gasteiger charge is 2.01. The molecule has 0 saturated heterocycles. The van der Waals surface area contributed by atoms with Gasteiger partial charge in [-0.05, 0) is 12.8 Å². The Labute approximate surface area is 122 Å².